The molecule has 2 amide bonds. The van der Waals surface area contributed by atoms with E-state index in [0.717, 1.165) is 16.8 Å². The van der Waals surface area contributed by atoms with Crippen molar-refractivity contribution in [3.8, 4) is 17.2 Å². The fraction of sp³-hybridized carbons (Fsp3) is 0.200. The quantitative estimate of drug-likeness (QED) is 0.542. The summed E-state index contributed by atoms with van der Waals surface area (Å²) in [7, 11) is 3.05. The highest BCUT2D eigenvalue weighted by Gasteiger charge is 2.14. The maximum atomic E-state index is 12.7. The van der Waals surface area contributed by atoms with Crippen LogP contribution in [0.3, 0.4) is 0 Å². The van der Waals surface area contributed by atoms with Crippen LogP contribution >= 0.6 is 0 Å². The first-order chi connectivity index (χ1) is 15.4. The molecule has 0 unspecified atom stereocenters. The SMILES string of the molecule is COc1ccc(NC(=O)COc2ccc(C(=O)Nc3cccc(C)c3C)cc2OC)cc1. The molecule has 3 aromatic carbocycles. The van der Waals surface area contributed by atoms with Crippen molar-refractivity contribution in [1.29, 1.82) is 0 Å². The lowest BCUT2D eigenvalue weighted by Gasteiger charge is -2.14. The summed E-state index contributed by atoms with van der Waals surface area (Å²) in [5.74, 6) is 0.831. The van der Waals surface area contributed by atoms with Gasteiger partial charge in [-0.3, -0.25) is 9.59 Å². The number of anilines is 2. The number of carbonyl (C=O) groups is 2. The van der Waals surface area contributed by atoms with Crippen LogP contribution in [0.5, 0.6) is 17.2 Å². The van der Waals surface area contributed by atoms with Crippen molar-refractivity contribution < 1.29 is 23.8 Å². The molecule has 32 heavy (non-hydrogen) atoms. The summed E-state index contributed by atoms with van der Waals surface area (Å²) < 4.78 is 16.1. The Bertz CT molecular complexity index is 1110. The first kappa shape index (κ1) is 22.7. The number of methoxy groups -OCH3 is 2. The van der Waals surface area contributed by atoms with Crippen LogP contribution in [0.4, 0.5) is 11.4 Å². The second-order valence-corrected chi connectivity index (χ2v) is 7.13. The van der Waals surface area contributed by atoms with Gasteiger partial charge in [0.2, 0.25) is 0 Å². The van der Waals surface area contributed by atoms with E-state index in [-0.39, 0.29) is 18.4 Å². The van der Waals surface area contributed by atoms with Crippen molar-refractivity contribution in [1.82, 2.24) is 0 Å². The van der Waals surface area contributed by atoms with Crippen molar-refractivity contribution in [3.05, 3.63) is 77.4 Å². The fourth-order valence-electron chi connectivity index (χ4n) is 3.02. The molecular weight excluding hydrogens is 408 g/mol. The summed E-state index contributed by atoms with van der Waals surface area (Å²) in [5, 5.41) is 5.66. The lowest BCUT2D eigenvalue weighted by molar-refractivity contribution is -0.118. The van der Waals surface area contributed by atoms with E-state index in [4.69, 9.17) is 14.2 Å². The number of ether oxygens (including phenoxy) is 3. The van der Waals surface area contributed by atoms with Gasteiger partial charge in [0.05, 0.1) is 14.2 Å². The third kappa shape index (κ3) is 5.57. The molecule has 3 aromatic rings. The zero-order valence-electron chi connectivity index (χ0n) is 18.5. The highest BCUT2D eigenvalue weighted by atomic mass is 16.5. The lowest BCUT2D eigenvalue weighted by Crippen LogP contribution is -2.20. The Morgan fingerprint density at radius 2 is 1.59 bits per heavy atom. The number of amides is 2. The van der Waals surface area contributed by atoms with Gasteiger partial charge in [-0.15, -0.1) is 0 Å². The molecule has 3 rings (SSSR count). The average molecular weight is 434 g/mol. The molecule has 0 saturated carbocycles. The molecule has 0 heterocycles. The normalized spacial score (nSPS) is 10.2. The minimum Gasteiger partial charge on any atom is -0.497 e. The van der Waals surface area contributed by atoms with Gasteiger partial charge in [-0.2, -0.15) is 0 Å². The van der Waals surface area contributed by atoms with Crippen LogP contribution < -0.4 is 24.8 Å². The minimum atomic E-state index is -0.325. The topological polar surface area (TPSA) is 85.9 Å². The van der Waals surface area contributed by atoms with Crippen LogP contribution in [-0.4, -0.2) is 32.6 Å². The lowest BCUT2D eigenvalue weighted by atomic mass is 10.1. The summed E-state index contributed by atoms with van der Waals surface area (Å²) in [4.78, 5) is 24.9. The summed E-state index contributed by atoms with van der Waals surface area (Å²) in [6, 6.07) is 17.5. The number of nitrogens with one attached hydrogen (secondary N) is 2. The molecule has 0 aliphatic carbocycles. The Morgan fingerprint density at radius 1 is 0.844 bits per heavy atom. The van der Waals surface area contributed by atoms with Crippen molar-refractivity contribution in [2.24, 2.45) is 0 Å². The Morgan fingerprint density at radius 3 is 2.28 bits per heavy atom. The van der Waals surface area contributed by atoms with Crippen LogP contribution in [-0.2, 0) is 4.79 Å². The van der Waals surface area contributed by atoms with Crippen molar-refractivity contribution in [2.45, 2.75) is 13.8 Å². The Hall–Kier alpha value is -4.00. The minimum absolute atomic E-state index is 0.212. The second kappa shape index (κ2) is 10.3. The molecule has 0 aliphatic rings. The number of rotatable bonds is 8. The molecule has 166 valence electrons. The number of hydrogen-bond donors (Lipinski definition) is 2. The van der Waals surface area contributed by atoms with Crippen LogP contribution in [0.1, 0.15) is 21.5 Å². The monoisotopic (exact) mass is 434 g/mol. The molecule has 0 radical (unpaired) electrons. The fourth-order valence-corrected chi connectivity index (χ4v) is 3.02. The van der Waals surface area contributed by atoms with Gasteiger partial charge in [0, 0.05) is 16.9 Å². The number of carbonyl (C=O) groups excluding carboxylic acids is 2. The van der Waals surface area contributed by atoms with E-state index in [2.05, 4.69) is 10.6 Å². The summed E-state index contributed by atoms with van der Waals surface area (Å²) in [6.07, 6.45) is 0. The molecule has 0 aliphatic heterocycles. The summed E-state index contributed by atoms with van der Waals surface area (Å²) >= 11 is 0. The van der Waals surface area contributed by atoms with Crippen LogP contribution in [0, 0.1) is 13.8 Å². The van der Waals surface area contributed by atoms with Gasteiger partial charge in [-0.25, -0.2) is 0 Å². The first-order valence-corrected chi connectivity index (χ1v) is 10.0. The van der Waals surface area contributed by atoms with Gasteiger partial charge in [-0.1, -0.05) is 12.1 Å². The maximum absolute atomic E-state index is 12.7. The van der Waals surface area contributed by atoms with Crippen LogP contribution in [0.25, 0.3) is 0 Å². The molecule has 0 atom stereocenters. The van der Waals surface area contributed by atoms with Gasteiger partial charge < -0.3 is 24.8 Å². The Kier molecular flexibility index (Phi) is 7.33. The van der Waals surface area contributed by atoms with Crippen molar-refractivity contribution in [2.75, 3.05) is 31.5 Å². The first-order valence-electron chi connectivity index (χ1n) is 10.0. The number of aryl methyl sites for hydroxylation is 1. The van der Waals surface area contributed by atoms with E-state index >= 15 is 0 Å². The van der Waals surface area contributed by atoms with Gasteiger partial charge in [-0.05, 0) is 73.5 Å². The third-order valence-electron chi connectivity index (χ3n) is 5.01. The van der Waals surface area contributed by atoms with Gasteiger partial charge >= 0.3 is 0 Å². The zero-order chi connectivity index (χ0) is 23.1. The van der Waals surface area contributed by atoms with Gasteiger partial charge in [0.1, 0.15) is 5.75 Å². The summed E-state index contributed by atoms with van der Waals surface area (Å²) in [6.45, 7) is 3.74. The van der Waals surface area contributed by atoms with Crippen molar-refractivity contribution in [3.63, 3.8) is 0 Å². The van der Waals surface area contributed by atoms with E-state index in [0.29, 0.717) is 28.5 Å². The van der Waals surface area contributed by atoms with Crippen LogP contribution in [0.15, 0.2) is 60.7 Å². The largest absolute Gasteiger partial charge is 0.497 e. The zero-order valence-corrected chi connectivity index (χ0v) is 18.5. The van der Waals surface area contributed by atoms with E-state index in [1.54, 1.807) is 49.6 Å². The van der Waals surface area contributed by atoms with E-state index in [1.165, 1.54) is 7.11 Å². The van der Waals surface area contributed by atoms with E-state index in [1.807, 2.05) is 32.0 Å². The molecule has 7 heteroatoms. The molecule has 0 saturated heterocycles. The molecule has 0 aromatic heterocycles. The smallest absolute Gasteiger partial charge is 0.262 e. The number of benzene rings is 3. The maximum Gasteiger partial charge on any atom is 0.262 e. The number of hydrogen-bond acceptors (Lipinski definition) is 5. The highest BCUT2D eigenvalue weighted by Crippen LogP contribution is 2.29. The molecule has 0 fully saturated rings. The summed E-state index contributed by atoms with van der Waals surface area (Å²) in [5.41, 5.74) is 3.90. The van der Waals surface area contributed by atoms with E-state index < -0.39 is 0 Å². The highest BCUT2D eigenvalue weighted by molar-refractivity contribution is 6.05. The van der Waals surface area contributed by atoms with E-state index in [9.17, 15) is 9.59 Å². The molecule has 7 nitrogen and oxygen atoms in total. The molecular formula is C25H26N2O5. The Balaban J connectivity index is 1.63. The van der Waals surface area contributed by atoms with Gasteiger partial charge in [0.25, 0.3) is 11.8 Å². The second-order valence-electron chi connectivity index (χ2n) is 7.13. The predicted octanol–water partition coefficient (Wildman–Crippen LogP) is 4.59. The molecule has 0 spiro atoms. The van der Waals surface area contributed by atoms with Gasteiger partial charge in [0.15, 0.2) is 18.1 Å². The van der Waals surface area contributed by atoms with Crippen LogP contribution in [0.2, 0.25) is 0 Å². The molecule has 0 bridgehead atoms. The predicted molar refractivity (Wildman–Crippen MR) is 124 cm³/mol. The standard InChI is InChI=1S/C25H26N2O5/c1-16-6-5-7-21(17(16)2)27-25(29)18-8-13-22(23(14-18)31-4)32-15-24(28)26-19-9-11-20(30-3)12-10-19/h5-14H,15H2,1-4H3,(H,26,28)(H,27,29). The van der Waals surface area contributed by atoms with Crippen molar-refractivity contribution >= 4 is 23.2 Å². The Labute approximate surface area is 187 Å². The third-order valence-corrected chi connectivity index (χ3v) is 5.01. The average Bonchev–Trinajstić information content (AvgIpc) is 2.81. The molecule has 2 N–H and O–H groups in total.